The lowest BCUT2D eigenvalue weighted by atomic mass is 9.77. The molecule has 1 fully saturated rings. The van der Waals surface area contributed by atoms with Gasteiger partial charge >= 0.3 is 0 Å². The normalized spacial score (nSPS) is 21.0. The van der Waals surface area contributed by atoms with Gasteiger partial charge in [-0.15, -0.1) is 0 Å². The molecule has 0 amide bonds. The Bertz CT molecular complexity index is 1220. The van der Waals surface area contributed by atoms with Crippen molar-refractivity contribution in [1.82, 2.24) is 9.61 Å². The summed E-state index contributed by atoms with van der Waals surface area (Å²) < 4.78 is 31.6. The zero-order valence-electron chi connectivity index (χ0n) is 20.3. The molecule has 0 bridgehead atoms. The van der Waals surface area contributed by atoms with Crippen molar-refractivity contribution in [3.63, 3.8) is 0 Å². The molecule has 3 aromatic rings. The van der Waals surface area contributed by atoms with E-state index < -0.39 is 5.92 Å². The zero-order chi connectivity index (χ0) is 24.0. The molecule has 33 heavy (non-hydrogen) atoms. The van der Waals surface area contributed by atoms with E-state index in [-0.39, 0.29) is 17.5 Å². The summed E-state index contributed by atoms with van der Waals surface area (Å²) >= 11 is 0. The molecule has 2 aromatic heterocycles. The lowest BCUT2D eigenvalue weighted by Crippen LogP contribution is -2.25. The van der Waals surface area contributed by atoms with Crippen LogP contribution in [0.2, 0.25) is 0 Å². The molecule has 0 N–H and O–H groups in total. The molecule has 4 rings (SSSR count). The number of hydrogen-bond acceptors (Lipinski definition) is 2. The second kappa shape index (κ2) is 8.56. The number of hydrogen-bond donors (Lipinski definition) is 0. The third-order valence-electron chi connectivity index (χ3n) is 7.63. The Labute approximate surface area is 195 Å². The lowest BCUT2D eigenvalue weighted by Gasteiger charge is -2.30. The van der Waals surface area contributed by atoms with E-state index in [4.69, 9.17) is 0 Å². The Kier molecular flexibility index (Phi) is 6.07. The van der Waals surface area contributed by atoms with Gasteiger partial charge in [0.1, 0.15) is 11.8 Å². The number of rotatable bonds is 6. The van der Waals surface area contributed by atoms with Crippen molar-refractivity contribution in [1.29, 1.82) is 5.26 Å². The summed E-state index contributed by atoms with van der Waals surface area (Å²) in [7, 11) is 0. The van der Waals surface area contributed by atoms with Crippen LogP contribution >= 0.6 is 0 Å². The molecule has 2 unspecified atom stereocenters. The number of nitrogens with zero attached hydrogens (tertiary/aromatic N) is 3. The molecule has 5 heteroatoms. The average Bonchev–Trinajstić information content (AvgIpc) is 3.35. The molecule has 0 radical (unpaired) electrons. The number of fused-ring (bicyclic) bond motifs is 1. The van der Waals surface area contributed by atoms with Crippen molar-refractivity contribution in [3.05, 3.63) is 58.4 Å². The second-order valence-corrected chi connectivity index (χ2v) is 9.95. The molecule has 0 saturated heterocycles. The minimum atomic E-state index is -3.04. The Hall–Kier alpha value is -2.74. The van der Waals surface area contributed by atoms with E-state index in [1.54, 1.807) is 11.4 Å². The minimum absolute atomic E-state index is 0.209. The molecule has 1 saturated carbocycles. The van der Waals surface area contributed by atoms with E-state index in [9.17, 15) is 14.0 Å². The Balaban J connectivity index is 2.14. The van der Waals surface area contributed by atoms with Crippen LogP contribution in [0.5, 0.6) is 0 Å². The Morgan fingerprint density at radius 3 is 2.48 bits per heavy atom. The molecular weight excluding hydrogens is 416 g/mol. The molecule has 0 aliphatic heterocycles. The van der Waals surface area contributed by atoms with Gasteiger partial charge in [0.15, 0.2) is 0 Å². The quantitative estimate of drug-likeness (QED) is 0.384. The molecule has 1 aliphatic carbocycles. The monoisotopic (exact) mass is 449 g/mol. The standard InChI is InChI=1S/C28H33F2N3/c1-6-11-20-14-15-27(5,16-20)26-23(21-12-9-8-10-13-21)18(3)22(17-31)24-19(4)25(32-33(24)26)28(29,30)7-2/h8-10,12-13,20H,6-7,11,14-16H2,1-5H3. The van der Waals surface area contributed by atoms with Crippen LogP contribution in [0, 0.1) is 31.1 Å². The van der Waals surface area contributed by atoms with Gasteiger partial charge in [0.25, 0.3) is 5.92 Å². The van der Waals surface area contributed by atoms with Crippen molar-refractivity contribution in [2.24, 2.45) is 5.92 Å². The van der Waals surface area contributed by atoms with Gasteiger partial charge in [-0.3, -0.25) is 0 Å². The van der Waals surface area contributed by atoms with E-state index in [1.165, 1.54) is 13.3 Å². The smallest absolute Gasteiger partial charge is 0.234 e. The van der Waals surface area contributed by atoms with E-state index in [1.807, 2.05) is 37.3 Å². The first kappa shape index (κ1) is 23.4. The maximum absolute atomic E-state index is 15.0. The predicted molar refractivity (Wildman–Crippen MR) is 129 cm³/mol. The lowest BCUT2D eigenvalue weighted by molar-refractivity contribution is -0.0136. The number of benzene rings is 1. The van der Waals surface area contributed by atoms with Gasteiger partial charge in [-0.05, 0) is 50.2 Å². The van der Waals surface area contributed by atoms with Gasteiger partial charge < -0.3 is 0 Å². The maximum atomic E-state index is 15.0. The van der Waals surface area contributed by atoms with E-state index in [0.717, 1.165) is 48.1 Å². The Morgan fingerprint density at radius 1 is 1.18 bits per heavy atom. The number of pyridine rings is 1. The van der Waals surface area contributed by atoms with Gasteiger partial charge in [0.05, 0.1) is 16.8 Å². The van der Waals surface area contributed by atoms with Crippen LogP contribution in [0.15, 0.2) is 30.3 Å². The summed E-state index contributed by atoms with van der Waals surface area (Å²) in [6, 6.07) is 12.3. The SMILES string of the molecule is CCCC1CCC(C)(c2c(-c3ccccc3)c(C)c(C#N)c3c(C)c(C(F)(F)CC)nn23)C1. The van der Waals surface area contributed by atoms with Gasteiger partial charge in [-0.2, -0.15) is 19.1 Å². The fourth-order valence-electron chi connectivity index (χ4n) is 5.94. The van der Waals surface area contributed by atoms with E-state index >= 15 is 0 Å². The molecule has 174 valence electrons. The van der Waals surface area contributed by atoms with Crippen molar-refractivity contribution in [2.45, 2.75) is 84.5 Å². The highest BCUT2D eigenvalue weighted by molar-refractivity contribution is 5.81. The Morgan fingerprint density at radius 2 is 1.88 bits per heavy atom. The summed E-state index contributed by atoms with van der Waals surface area (Å²) in [4.78, 5) is 0. The van der Waals surface area contributed by atoms with E-state index in [0.29, 0.717) is 22.6 Å². The maximum Gasteiger partial charge on any atom is 0.291 e. The number of aromatic nitrogens is 2. The largest absolute Gasteiger partial charge is 0.291 e. The molecule has 1 aromatic carbocycles. The van der Waals surface area contributed by atoms with Crippen LogP contribution < -0.4 is 0 Å². The average molecular weight is 450 g/mol. The molecule has 3 nitrogen and oxygen atoms in total. The summed E-state index contributed by atoms with van der Waals surface area (Å²) in [6.07, 6.45) is 5.09. The third kappa shape index (κ3) is 3.74. The topological polar surface area (TPSA) is 41.1 Å². The van der Waals surface area contributed by atoms with Crippen LogP contribution in [0.25, 0.3) is 16.6 Å². The minimum Gasteiger partial charge on any atom is -0.234 e. The second-order valence-electron chi connectivity index (χ2n) is 9.95. The molecule has 0 spiro atoms. The first-order valence-corrected chi connectivity index (χ1v) is 12.1. The number of alkyl halides is 2. The van der Waals surface area contributed by atoms with Crippen molar-refractivity contribution in [2.75, 3.05) is 0 Å². The highest BCUT2D eigenvalue weighted by Crippen LogP contribution is 2.50. The molecule has 1 aliphatic rings. The van der Waals surface area contributed by atoms with Crippen molar-refractivity contribution in [3.8, 4) is 17.2 Å². The van der Waals surface area contributed by atoms with Crippen LogP contribution in [-0.4, -0.2) is 9.61 Å². The number of aryl methyl sites for hydroxylation is 1. The fourth-order valence-corrected chi connectivity index (χ4v) is 5.94. The van der Waals surface area contributed by atoms with Gasteiger partial charge in [-0.1, -0.05) is 63.9 Å². The van der Waals surface area contributed by atoms with Crippen molar-refractivity contribution < 1.29 is 8.78 Å². The summed E-state index contributed by atoms with van der Waals surface area (Å²) in [5.74, 6) is -2.43. The van der Waals surface area contributed by atoms with Crippen LogP contribution in [-0.2, 0) is 11.3 Å². The van der Waals surface area contributed by atoms with Crippen LogP contribution in [0.3, 0.4) is 0 Å². The zero-order valence-corrected chi connectivity index (χ0v) is 20.3. The van der Waals surface area contributed by atoms with E-state index in [2.05, 4.69) is 25.0 Å². The summed E-state index contributed by atoms with van der Waals surface area (Å²) in [5.41, 5.74) is 4.75. The van der Waals surface area contributed by atoms with Gasteiger partial charge in [-0.25, -0.2) is 4.52 Å². The number of halogens is 2. The summed E-state index contributed by atoms with van der Waals surface area (Å²) in [6.45, 7) is 9.58. The number of nitriles is 1. The fraction of sp³-hybridized carbons (Fsp3) is 0.500. The van der Waals surface area contributed by atoms with Gasteiger partial charge in [0, 0.05) is 23.0 Å². The van der Waals surface area contributed by atoms with Crippen LogP contribution in [0.4, 0.5) is 8.78 Å². The van der Waals surface area contributed by atoms with Crippen LogP contribution in [0.1, 0.15) is 87.4 Å². The molecule has 2 heterocycles. The first-order chi connectivity index (χ1) is 15.7. The van der Waals surface area contributed by atoms with Crippen molar-refractivity contribution >= 4 is 5.52 Å². The highest BCUT2D eigenvalue weighted by atomic mass is 19.3. The molecular formula is C28H33F2N3. The first-order valence-electron chi connectivity index (χ1n) is 12.1. The third-order valence-corrected chi connectivity index (χ3v) is 7.63. The summed E-state index contributed by atoms with van der Waals surface area (Å²) in [5, 5.41) is 14.7. The predicted octanol–water partition coefficient (Wildman–Crippen LogP) is 7.85. The van der Waals surface area contributed by atoms with Gasteiger partial charge in [0.2, 0.25) is 0 Å². The highest BCUT2D eigenvalue weighted by Gasteiger charge is 2.43. The molecule has 2 atom stereocenters.